The van der Waals surface area contributed by atoms with Gasteiger partial charge in [0, 0.05) is 28.6 Å². The van der Waals surface area contributed by atoms with Gasteiger partial charge >= 0.3 is 0 Å². The predicted octanol–water partition coefficient (Wildman–Crippen LogP) is 4.49. The van der Waals surface area contributed by atoms with Crippen LogP contribution in [-0.2, 0) is 6.54 Å². The van der Waals surface area contributed by atoms with E-state index in [1.54, 1.807) is 18.2 Å². The van der Waals surface area contributed by atoms with Crippen molar-refractivity contribution in [1.82, 2.24) is 15.1 Å². The second-order valence-corrected chi connectivity index (χ2v) is 7.41. The standard InChI is InChI=1S/C21H20ClFN4/c1-27-11-10-15(13-2-4-14(22)5-3-13)16-6-7-17(21(23)18(16)12-27)19-8-9-20(24)26-25-19/h2-9,15H,10-12H2,1H3,(H2,24,26). The van der Waals surface area contributed by atoms with Gasteiger partial charge in [-0.05, 0) is 61.5 Å². The number of nitrogens with zero attached hydrogens (tertiary/aromatic N) is 3. The van der Waals surface area contributed by atoms with E-state index in [2.05, 4.69) is 15.1 Å². The van der Waals surface area contributed by atoms with E-state index in [-0.39, 0.29) is 11.7 Å². The second-order valence-electron chi connectivity index (χ2n) is 6.97. The molecule has 0 saturated heterocycles. The van der Waals surface area contributed by atoms with Crippen LogP contribution >= 0.6 is 11.6 Å². The maximum absolute atomic E-state index is 15.5. The van der Waals surface area contributed by atoms with Gasteiger partial charge in [0.25, 0.3) is 0 Å². The molecule has 4 rings (SSSR count). The van der Waals surface area contributed by atoms with E-state index in [1.165, 1.54) is 0 Å². The molecule has 1 aliphatic heterocycles. The molecule has 6 heteroatoms. The van der Waals surface area contributed by atoms with E-state index in [0.717, 1.165) is 24.1 Å². The molecule has 2 heterocycles. The minimum atomic E-state index is -0.237. The Labute approximate surface area is 162 Å². The zero-order valence-electron chi connectivity index (χ0n) is 15.0. The van der Waals surface area contributed by atoms with Gasteiger partial charge in [0.1, 0.15) is 11.6 Å². The minimum absolute atomic E-state index is 0.128. The van der Waals surface area contributed by atoms with E-state index >= 15 is 4.39 Å². The molecule has 0 radical (unpaired) electrons. The Kier molecular flexibility index (Phi) is 4.81. The number of fused-ring (bicyclic) bond motifs is 1. The summed E-state index contributed by atoms with van der Waals surface area (Å²) in [6.45, 7) is 1.44. The maximum atomic E-state index is 15.5. The number of hydrogen-bond acceptors (Lipinski definition) is 4. The van der Waals surface area contributed by atoms with E-state index < -0.39 is 0 Å². The number of hydrogen-bond donors (Lipinski definition) is 1. The third-order valence-corrected chi connectivity index (χ3v) is 5.37. The molecule has 0 spiro atoms. The minimum Gasteiger partial charge on any atom is -0.382 e. The first kappa shape index (κ1) is 17.9. The molecule has 1 aromatic heterocycles. The van der Waals surface area contributed by atoms with Crippen molar-refractivity contribution >= 4 is 17.4 Å². The molecule has 0 aliphatic carbocycles. The highest BCUT2D eigenvalue weighted by atomic mass is 35.5. The monoisotopic (exact) mass is 382 g/mol. The van der Waals surface area contributed by atoms with Gasteiger partial charge in [0.2, 0.25) is 0 Å². The lowest BCUT2D eigenvalue weighted by Crippen LogP contribution is -2.18. The van der Waals surface area contributed by atoms with E-state index in [0.29, 0.717) is 34.2 Å². The third kappa shape index (κ3) is 3.53. The molecular formula is C21H20ClFN4. The number of benzene rings is 2. The molecule has 1 unspecified atom stereocenters. The van der Waals surface area contributed by atoms with Crippen LogP contribution in [0.2, 0.25) is 5.02 Å². The van der Waals surface area contributed by atoms with Crippen molar-refractivity contribution < 1.29 is 4.39 Å². The summed E-state index contributed by atoms with van der Waals surface area (Å²) in [6.07, 6.45) is 0.922. The molecule has 0 amide bonds. The van der Waals surface area contributed by atoms with Crippen LogP contribution in [0.4, 0.5) is 10.2 Å². The van der Waals surface area contributed by atoms with Gasteiger partial charge in [-0.15, -0.1) is 10.2 Å². The average molecular weight is 383 g/mol. The van der Waals surface area contributed by atoms with Gasteiger partial charge in [-0.2, -0.15) is 0 Å². The summed E-state index contributed by atoms with van der Waals surface area (Å²) in [5.41, 5.74) is 9.42. The Morgan fingerprint density at radius 1 is 1.07 bits per heavy atom. The molecule has 0 bridgehead atoms. The van der Waals surface area contributed by atoms with Gasteiger partial charge < -0.3 is 10.6 Å². The SMILES string of the molecule is CN1CCC(c2ccc(Cl)cc2)c2ccc(-c3ccc(N)nn3)c(F)c2C1. The fourth-order valence-corrected chi connectivity index (χ4v) is 3.83. The van der Waals surface area contributed by atoms with Crippen molar-refractivity contribution in [3.63, 3.8) is 0 Å². The molecule has 3 aromatic rings. The predicted molar refractivity (Wildman–Crippen MR) is 106 cm³/mol. The highest BCUT2D eigenvalue weighted by molar-refractivity contribution is 6.30. The van der Waals surface area contributed by atoms with Crippen molar-refractivity contribution in [1.29, 1.82) is 0 Å². The highest BCUT2D eigenvalue weighted by Gasteiger charge is 2.26. The van der Waals surface area contributed by atoms with Crippen molar-refractivity contribution in [2.45, 2.75) is 18.9 Å². The molecule has 0 saturated carbocycles. The number of nitrogen functional groups attached to an aromatic ring is 1. The summed E-state index contributed by atoms with van der Waals surface area (Å²) >= 11 is 6.04. The van der Waals surface area contributed by atoms with E-state index in [4.69, 9.17) is 17.3 Å². The number of halogens is 2. The van der Waals surface area contributed by atoms with Gasteiger partial charge in [-0.25, -0.2) is 4.39 Å². The van der Waals surface area contributed by atoms with Crippen LogP contribution in [0.15, 0.2) is 48.5 Å². The highest BCUT2D eigenvalue weighted by Crippen LogP contribution is 2.37. The van der Waals surface area contributed by atoms with E-state index in [9.17, 15) is 0 Å². The van der Waals surface area contributed by atoms with Crippen LogP contribution in [-0.4, -0.2) is 28.7 Å². The van der Waals surface area contributed by atoms with Crippen molar-refractivity contribution in [3.05, 3.63) is 76.1 Å². The summed E-state index contributed by atoms with van der Waals surface area (Å²) in [5, 5.41) is 8.60. The fraction of sp³-hybridized carbons (Fsp3) is 0.238. The largest absolute Gasteiger partial charge is 0.382 e. The van der Waals surface area contributed by atoms with Crippen LogP contribution < -0.4 is 5.73 Å². The van der Waals surface area contributed by atoms with Crippen LogP contribution in [0.5, 0.6) is 0 Å². The van der Waals surface area contributed by atoms with Crippen molar-refractivity contribution in [2.75, 3.05) is 19.3 Å². The molecule has 138 valence electrons. The number of rotatable bonds is 2. The molecule has 4 nitrogen and oxygen atoms in total. The lowest BCUT2D eigenvalue weighted by molar-refractivity contribution is 0.324. The Balaban J connectivity index is 1.83. The first-order valence-electron chi connectivity index (χ1n) is 8.88. The lowest BCUT2D eigenvalue weighted by Gasteiger charge is -2.19. The number of nitrogens with two attached hydrogens (primary N) is 1. The van der Waals surface area contributed by atoms with Crippen LogP contribution in [0, 0.1) is 5.82 Å². The molecule has 2 aromatic carbocycles. The average Bonchev–Trinajstić information content (AvgIpc) is 2.83. The smallest absolute Gasteiger partial charge is 0.146 e. The van der Waals surface area contributed by atoms with Crippen LogP contribution in [0.1, 0.15) is 29.0 Å². The summed E-state index contributed by atoms with van der Waals surface area (Å²) in [4.78, 5) is 2.15. The summed E-state index contributed by atoms with van der Waals surface area (Å²) in [5.74, 6) is 0.207. The summed E-state index contributed by atoms with van der Waals surface area (Å²) in [6, 6.07) is 15.0. The lowest BCUT2D eigenvalue weighted by atomic mass is 9.85. The quantitative estimate of drug-likeness (QED) is 0.709. The Bertz CT molecular complexity index is 957. The summed E-state index contributed by atoms with van der Waals surface area (Å²) < 4.78 is 15.5. The molecule has 2 N–H and O–H groups in total. The first-order chi connectivity index (χ1) is 13.0. The Morgan fingerprint density at radius 2 is 1.85 bits per heavy atom. The molecule has 1 aliphatic rings. The zero-order valence-corrected chi connectivity index (χ0v) is 15.7. The van der Waals surface area contributed by atoms with Gasteiger partial charge in [-0.3, -0.25) is 0 Å². The first-order valence-corrected chi connectivity index (χ1v) is 9.25. The van der Waals surface area contributed by atoms with Gasteiger partial charge in [0.15, 0.2) is 0 Å². The third-order valence-electron chi connectivity index (χ3n) is 5.12. The van der Waals surface area contributed by atoms with Crippen molar-refractivity contribution in [3.8, 4) is 11.3 Å². The van der Waals surface area contributed by atoms with Gasteiger partial charge in [-0.1, -0.05) is 29.8 Å². The molecule has 1 atom stereocenters. The van der Waals surface area contributed by atoms with Crippen LogP contribution in [0.25, 0.3) is 11.3 Å². The second kappa shape index (κ2) is 7.25. The summed E-state index contributed by atoms with van der Waals surface area (Å²) in [7, 11) is 2.02. The molecule has 27 heavy (non-hydrogen) atoms. The number of aromatic nitrogens is 2. The van der Waals surface area contributed by atoms with Crippen LogP contribution in [0.3, 0.4) is 0 Å². The van der Waals surface area contributed by atoms with E-state index in [1.807, 2.05) is 37.4 Å². The topological polar surface area (TPSA) is 55.0 Å². The Hall–Kier alpha value is -2.50. The Morgan fingerprint density at radius 3 is 2.56 bits per heavy atom. The molecular weight excluding hydrogens is 363 g/mol. The zero-order chi connectivity index (χ0) is 19.0. The number of anilines is 1. The maximum Gasteiger partial charge on any atom is 0.146 e. The normalized spacial score (nSPS) is 17.4. The fourth-order valence-electron chi connectivity index (χ4n) is 3.70. The van der Waals surface area contributed by atoms with Gasteiger partial charge in [0.05, 0.1) is 5.69 Å². The molecule has 0 fully saturated rings. The van der Waals surface area contributed by atoms with Crippen molar-refractivity contribution in [2.24, 2.45) is 0 Å².